The van der Waals surface area contributed by atoms with Crippen LogP contribution in [-0.4, -0.2) is 12.8 Å². The first-order valence-corrected chi connectivity index (χ1v) is 8.22. The first kappa shape index (κ1) is 14.2. The minimum Gasteiger partial charge on any atom is -0.454 e. The summed E-state index contributed by atoms with van der Waals surface area (Å²) in [5.41, 5.74) is 1.24. The Hall–Kier alpha value is -0.740. The molecule has 0 saturated heterocycles. The molecule has 1 saturated carbocycles. The Morgan fingerprint density at radius 1 is 1.10 bits per heavy atom. The van der Waals surface area contributed by atoms with Crippen LogP contribution in [-0.2, 0) is 6.54 Å². The Morgan fingerprint density at radius 2 is 1.75 bits per heavy atom. The average Bonchev–Trinajstić information content (AvgIpc) is 2.81. The van der Waals surface area contributed by atoms with Crippen molar-refractivity contribution in [2.75, 3.05) is 6.79 Å². The summed E-state index contributed by atoms with van der Waals surface area (Å²) in [4.78, 5) is 0. The molecule has 1 heterocycles. The van der Waals surface area contributed by atoms with Crippen LogP contribution in [0.15, 0.2) is 16.6 Å². The molecule has 1 aliphatic carbocycles. The lowest BCUT2D eigenvalue weighted by atomic mass is 9.80. The Labute approximate surface area is 129 Å². The van der Waals surface area contributed by atoms with Crippen molar-refractivity contribution in [3.05, 3.63) is 22.2 Å². The fourth-order valence-corrected chi connectivity index (χ4v) is 3.93. The second-order valence-electron chi connectivity index (χ2n) is 6.29. The van der Waals surface area contributed by atoms with E-state index in [0.717, 1.165) is 34.4 Å². The molecule has 2 atom stereocenters. The molecule has 1 aliphatic heterocycles. The van der Waals surface area contributed by atoms with Gasteiger partial charge >= 0.3 is 0 Å². The average molecular weight is 340 g/mol. The van der Waals surface area contributed by atoms with Crippen LogP contribution < -0.4 is 14.8 Å². The Balaban J connectivity index is 1.63. The Bertz CT molecular complexity index is 482. The third-order valence-electron chi connectivity index (χ3n) is 4.30. The summed E-state index contributed by atoms with van der Waals surface area (Å²) in [5, 5.41) is 3.70. The van der Waals surface area contributed by atoms with Gasteiger partial charge in [-0.1, -0.05) is 29.8 Å². The number of hydrogen-bond donors (Lipinski definition) is 1. The van der Waals surface area contributed by atoms with Crippen molar-refractivity contribution in [2.24, 2.45) is 11.8 Å². The first-order chi connectivity index (χ1) is 9.61. The van der Waals surface area contributed by atoms with Crippen molar-refractivity contribution in [1.82, 2.24) is 5.32 Å². The predicted molar refractivity (Wildman–Crippen MR) is 83.1 cm³/mol. The number of hydrogen-bond acceptors (Lipinski definition) is 3. The quantitative estimate of drug-likeness (QED) is 0.899. The molecule has 1 aromatic rings. The summed E-state index contributed by atoms with van der Waals surface area (Å²) in [7, 11) is 0. The van der Waals surface area contributed by atoms with E-state index in [2.05, 4.69) is 41.2 Å². The highest BCUT2D eigenvalue weighted by Gasteiger charge is 2.24. The topological polar surface area (TPSA) is 30.5 Å². The van der Waals surface area contributed by atoms with Crippen molar-refractivity contribution >= 4 is 15.9 Å². The summed E-state index contributed by atoms with van der Waals surface area (Å²) in [6.45, 7) is 5.93. The standard InChI is InChI=1S/C16H22BrNO2/c1-10-3-11(2)5-13(4-10)18-8-12-6-15-16(7-14(12)17)20-9-19-15/h6-7,10-11,13,18H,3-5,8-9H2,1-2H3. The molecule has 110 valence electrons. The summed E-state index contributed by atoms with van der Waals surface area (Å²) in [5.74, 6) is 3.35. The molecule has 2 aliphatic rings. The lowest BCUT2D eigenvalue weighted by Crippen LogP contribution is -2.35. The van der Waals surface area contributed by atoms with E-state index in [-0.39, 0.29) is 0 Å². The minimum atomic E-state index is 0.330. The number of benzene rings is 1. The molecule has 0 aromatic heterocycles. The summed E-state index contributed by atoms with van der Waals surface area (Å²) < 4.78 is 11.9. The summed E-state index contributed by atoms with van der Waals surface area (Å²) >= 11 is 3.62. The molecule has 2 unspecified atom stereocenters. The molecule has 1 fully saturated rings. The second kappa shape index (κ2) is 5.94. The van der Waals surface area contributed by atoms with Crippen LogP contribution >= 0.6 is 15.9 Å². The smallest absolute Gasteiger partial charge is 0.231 e. The van der Waals surface area contributed by atoms with Crippen LogP contribution in [0.4, 0.5) is 0 Å². The van der Waals surface area contributed by atoms with E-state index in [9.17, 15) is 0 Å². The molecule has 3 rings (SSSR count). The van der Waals surface area contributed by atoms with Gasteiger partial charge in [0, 0.05) is 17.1 Å². The summed E-state index contributed by atoms with van der Waals surface area (Å²) in [6.07, 6.45) is 3.94. The third kappa shape index (κ3) is 3.12. The van der Waals surface area contributed by atoms with E-state index >= 15 is 0 Å². The fraction of sp³-hybridized carbons (Fsp3) is 0.625. The zero-order valence-corrected chi connectivity index (χ0v) is 13.7. The van der Waals surface area contributed by atoms with E-state index in [1.807, 2.05) is 6.07 Å². The van der Waals surface area contributed by atoms with E-state index in [1.54, 1.807) is 0 Å². The molecular formula is C16H22BrNO2. The predicted octanol–water partition coefficient (Wildman–Crippen LogP) is 4.09. The fourth-order valence-electron chi connectivity index (χ4n) is 3.46. The van der Waals surface area contributed by atoms with Gasteiger partial charge in [-0.3, -0.25) is 0 Å². The molecule has 0 spiro atoms. The molecule has 1 aromatic carbocycles. The highest BCUT2D eigenvalue weighted by molar-refractivity contribution is 9.10. The van der Waals surface area contributed by atoms with Crippen molar-refractivity contribution in [3.8, 4) is 11.5 Å². The number of rotatable bonds is 3. The largest absolute Gasteiger partial charge is 0.454 e. The SMILES string of the molecule is CC1CC(C)CC(NCc2cc3c(cc2Br)OCO3)C1. The maximum absolute atomic E-state index is 5.45. The summed E-state index contributed by atoms with van der Waals surface area (Å²) in [6, 6.07) is 4.71. The van der Waals surface area contributed by atoms with Gasteiger partial charge in [0.1, 0.15) is 0 Å². The molecule has 0 bridgehead atoms. The monoisotopic (exact) mass is 339 g/mol. The van der Waals surface area contributed by atoms with Crippen molar-refractivity contribution < 1.29 is 9.47 Å². The van der Waals surface area contributed by atoms with Crippen molar-refractivity contribution in [1.29, 1.82) is 0 Å². The lowest BCUT2D eigenvalue weighted by molar-refractivity contribution is 0.174. The molecule has 0 amide bonds. The van der Waals surface area contributed by atoms with E-state index in [0.29, 0.717) is 12.8 Å². The zero-order valence-electron chi connectivity index (χ0n) is 12.1. The molecule has 3 nitrogen and oxygen atoms in total. The van der Waals surface area contributed by atoms with E-state index in [1.165, 1.54) is 24.8 Å². The Morgan fingerprint density at radius 3 is 2.45 bits per heavy atom. The van der Waals surface area contributed by atoms with Gasteiger partial charge in [-0.2, -0.15) is 0 Å². The van der Waals surface area contributed by atoms with Gasteiger partial charge in [-0.25, -0.2) is 0 Å². The highest BCUT2D eigenvalue weighted by atomic mass is 79.9. The molecule has 4 heteroatoms. The number of halogens is 1. The van der Waals surface area contributed by atoms with Gasteiger partial charge in [-0.05, 0) is 48.8 Å². The van der Waals surface area contributed by atoms with Gasteiger partial charge in [0.2, 0.25) is 6.79 Å². The lowest BCUT2D eigenvalue weighted by Gasteiger charge is -2.32. The van der Waals surface area contributed by atoms with Crippen LogP contribution in [0.5, 0.6) is 11.5 Å². The van der Waals surface area contributed by atoms with Crippen molar-refractivity contribution in [2.45, 2.75) is 45.7 Å². The van der Waals surface area contributed by atoms with Crippen LogP contribution in [0.1, 0.15) is 38.7 Å². The molecule has 20 heavy (non-hydrogen) atoms. The van der Waals surface area contributed by atoms with Crippen LogP contribution in [0, 0.1) is 11.8 Å². The van der Waals surface area contributed by atoms with E-state index in [4.69, 9.17) is 9.47 Å². The molecule has 0 radical (unpaired) electrons. The molecule has 1 N–H and O–H groups in total. The van der Waals surface area contributed by atoms with Gasteiger partial charge in [0.05, 0.1) is 0 Å². The second-order valence-corrected chi connectivity index (χ2v) is 7.15. The third-order valence-corrected chi connectivity index (χ3v) is 5.04. The maximum Gasteiger partial charge on any atom is 0.231 e. The number of nitrogens with one attached hydrogen (secondary N) is 1. The maximum atomic E-state index is 5.45. The van der Waals surface area contributed by atoms with Crippen LogP contribution in [0.25, 0.3) is 0 Å². The van der Waals surface area contributed by atoms with Gasteiger partial charge in [0.15, 0.2) is 11.5 Å². The molecular weight excluding hydrogens is 318 g/mol. The van der Waals surface area contributed by atoms with Crippen LogP contribution in [0.3, 0.4) is 0 Å². The van der Waals surface area contributed by atoms with Gasteiger partial charge in [0.25, 0.3) is 0 Å². The first-order valence-electron chi connectivity index (χ1n) is 7.43. The van der Waals surface area contributed by atoms with Gasteiger partial charge < -0.3 is 14.8 Å². The normalized spacial score (nSPS) is 28.6. The number of ether oxygens (including phenoxy) is 2. The highest BCUT2D eigenvalue weighted by Crippen LogP contribution is 2.37. The zero-order chi connectivity index (χ0) is 14.1. The minimum absolute atomic E-state index is 0.330. The Kier molecular flexibility index (Phi) is 4.22. The van der Waals surface area contributed by atoms with Crippen LogP contribution in [0.2, 0.25) is 0 Å². The van der Waals surface area contributed by atoms with Crippen molar-refractivity contribution in [3.63, 3.8) is 0 Å². The van der Waals surface area contributed by atoms with E-state index < -0.39 is 0 Å². The number of fused-ring (bicyclic) bond motifs is 1. The van der Waals surface area contributed by atoms with Gasteiger partial charge in [-0.15, -0.1) is 0 Å².